The van der Waals surface area contributed by atoms with Crippen LogP contribution in [0.4, 0.5) is 0 Å². The van der Waals surface area contributed by atoms with Gasteiger partial charge in [-0.2, -0.15) is 0 Å². The van der Waals surface area contributed by atoms with E-state index in [1.807, 2.05) is 0 Å². The Morgan fingerprint density at radius 2 is 2.50 bits per heavy atom. The average molecular weight is 197 g/mol. The molecule has 2 N–H and O–H groups in total. The van der Waals surface area contributed by atoms with Gasteiger partial charge in [-0.25, -0.2) is 5.21 Å². The standard InChI is InChI=1S/C5H11ClN3O3/c6-4-12-7-9(11)8-2-1-5(10)3-8/h5,10H,1-4H2,(H,7,11)/q+1. The van der Waals surface area contributed by atoms with E-state index in [9.17, 15) is 0 Å². The number of hydrogen-bond donors (Lipinski definition) is 2. The maximum absolute atomic E-state index is 9.10. The Balaban J connectivity index is 2.37. The van der Waals surface area contributed by atoms with E-state index in [4.69, 9.17) is 21.9 Å². The van der Waals surface area contributed by atoms with Crippen LogP contribution in [0.5, 0.6) is 0 Å². The molecule has 7 heteroatoms. The van der Waals surface area contributed by atoms with Crippen molar-refractivity contribution in [1.82, 2.24) is 5.01 Å². The predicted molar refractivity (Wildman–Crippen MR) is 38.5 cm³/mol. The van der Waals surface area contributed by atoms with Gasteiger partial charge >= 0.3 is 0 Å². The zero-order valence-corrected chi connectivity index (χ0v) is 7.18. The highest BCUT2D eigenvalue weighted by Gasteiger charge is 2.29. The van der Waals surface area contributed by atoms with Gasteiger partial charge in [0.2, 0.25) is 0 Å². The molecule has 1 rings (SSSR count). The van der Waals surface area contributed by atoms with Gasteiger partial charge in [0, 0.05) is 0 Å². The summed E-state index contributed by atoms with van der Waals surface area (Å²) in [5.41, 5.74) is 0. The van der Waals surface area contributed by atoms with Crippen LogP contribution in [-0.4, -0.2) is 45.6 Å². The molecule has 0 aliphatic carbocycles. The number of β-amino-alcohol motifs (C(OH)–C–C–N with tert-alkyl or cyclic N) is 1. The summed E-state index contributed by atoms with van der Waals surface area (Å²) in [6.45, 7) is 0.901. The molecular weight excluding hydrogens is 186 g/mol. The summed E-state index contributed by atoms with van der Waals surface area (Å²) in [5, 5.41) is 22.9. The van der Waals surface area contributed by atoms with Gasteiger partial charge in [-0.05, 0) is 6.42 Å². The van der Waals surface area contributed by atoms with Crippen molar-refractivity contribution in [3.05, 3.63) is 0 Å². The van der Waals surface area contributed by atoms with Crippen LogP contribution >= 0.6 is 11.6 Å². The highest BCUT2D eigenvalue weighted by Crippen LogP contribution is 2.07. The maximum atomic E-state index is 9.10. The van der Waals surface area contributed by atoms with E-state index in [0.29, 0.717) is 24.5 Å². The lowest BCUT2D eigenvalue weighted by Crippen LogP contribution is -2.30. The van der Waals surface area contributed by atoms with Crippen LogP contribution < -0.4 is 0 Å². The predicted octanol–water partition coefficient (Wildman–Crippen LogP) is -0.0502. The van der Waals surface area contributed by atoms with Crippen molar-refractivity contribution in [3.63, 3.8) is 0 Å². The molecule has 0 aromatic carbocycles. The molecule has 1 aliphatic rings. The number of rotatable bonds is 3. The third-order valence-electron chi connectivity index (χ3n) is 1.57. The minimum absolute atomic E-state index is 0.118. The van der Waals surface area contributed by atoms with Crippen molar-refractivity contribution in [3.8, 4) is 0 Å². The summed E-state index contributed by atoms with van der Waals surface area (Å²) in [6.07, 6.45) is 0.207. The number of aliphatic hydroxyl groups excluding tert-OH is 1. The second kappa shape index (κ2) is 4.32. The highest BCUT2D eigenvalue weighted by atomic mass is 35.5. The molecule has 70 valence electrons. The molecule has 0 aromatic rings. The third kappa shape index (κ3) is 2.38. The summed E-state index contributed by atoms with van der Waals surface area (Å²) in [7, 11) is 0. The normalized spacial score (nSPS) is 24.7. The second-order valence-corrected chi connectivity index (χ2v) is 2.66. The minimum atomic E-state index is -0.411. The van der Waals surface area contributed by atoms with Gasteiger partial charge in [0.1, 0.15) is 6.54 Å². The van der Waals surface area contributed by atoms with Gasteiger partial charge in [0.25, 0.3) is 10.2 Å². The van der Waals surface area contributed by atoms with E-state index in [1.165, 1.54) is 5.01 Å². The highest BCUT2D eigenvalue weighted by molar-refractivity contribution is 6.17. The van der Waals surface area contributed by atoms with Crippen molar-refractivity contribution in [1.29, 1.82) is 0 Å². The smallest absolute Gasteiger partial charge is 0.275 e. The zero-order valence-electron chi connectivity index (χ0n) is 6.43. The minimum Gasteiger partial charge on any atom is -0.391 e. The lowest BCUT2D eigenvalue weighted by Gasteiger charge is -2.01. The number of hydrazine groups is 1. The molecular formula is C5H11ClN3O3+. The van der Waals surface area contributed by atoms with E-state index < -0.39 is 6.10 Å². The summed E-state index contributed by atoms with van der Waals surface area (Å²) in [6, 6.07) is -0.118. The van der Waals surface area contributed by atoms with Crippen LogP contribution in [0.15, 0.2) is 5.28 Å². The number of hydrogen-bond acceptors (Lipinski definition) is 3. The van der Waals surface area contributed by atoms with Crippen LogP contribution in [0.25, 0.3) is 0 Å². The SMILES string of the molecule is OC1CCN(/[N+](O)=N/OCCl)C1. The molecule has 6 nitrogen and oxygen atoms in total. The molecule has 12 heavy (non-hydrogen) atoms. The Kier molecular flexibility index (Phi) is 3.36. The van der Waals surface area contributed by atoms with E-state index in [1.54, 1.807) is 0 Å². The molecule has 1 unspecified atom stereocenters. The summed E-state index contributed by atoms with van der Waals surface area (Å²) in [4.78, 5) is 4.94. The monoisotopic (exact) mass is 196 g/mol. The first kappa shape index (κ1) is 9.34. The van der Waals surface area contributed by atoms with Gasteiger partial charge in [-0.1, -0.05) is 11.6 Å². The van der Waals surface area contributed by atoms with Gasteiger partial charge in [0.15, 0.2) is 6.07 Å². The molecule has 1 aliphatic heterocycles. The van der Waals surface area contributed by atoms with Crippen LogP contribution in [-0.2, 0) is 4.84 Å². The molecule has 1 saturated heterocycles. The first-order valence-corrected chi connectivity index (χ1v) is 4.08. The third-order valence-corrected chi connectivity index (χ3v) is 1.67. The summed E-state index contributed by atoms with van der Waals surface area (Å²) >= 11 is 5.16. The number of halogens is 1. The first-order chi connectivity index (χ1) is 5.74. The van der Waals surface area contributed by atoms with Crippen molar-refractivity contribution in [2.75, 3.05) is 19.2 Å². The second-order valence-electron chi connectivity index (χ2n) is 2.44. The topological polar surface area (TPSA) is 68.3 Å². The van der Waals surface area contributed by atoms with Gasteiger partial charge < -0.3 is 9.94 Å². The van der Waals surface area contributed by atoms with Crippen LogP contribution in [0, 0.1) is 0 Å². The molecule has 0 bridgehead atoms. The fraction of sp³-hybridized carbons (Fsp3) is 1.00. The quantitative estimate of drug-likeness (QED) is 0.288. The fourth-order valence-electron chi connectivity index (χ4n) is 1.01. The largest absolute Gasteiger partial charge is 0.391 e. The fourth-order valence-corrected chi connectivity index (χ4v) is 1.06. The van der Waals surface area contributed by atoms with Crippen LogP contribution in [0.3, 0.4) is 0 Å². The number of alkyl halides is 1. The van der Waals surface area contributed by atoms with Gasteiger partial charge in [-0.3, -0.25) is 0 Å². The molecule has 0 amide bonds. The van der Waals surface area contributed by atoms with E-state index in [2.05, 4.69) is 10.1 Å². The van der Waals surface area contributed by atoms with E-state index in [-0.39, 0.29) is 6.07 Å². The first-order valence-electron chi connectivity index (χ1n) is 3.55. The number of nitrogens with zero attached hydrogens (tertiary/aromatic N) is 3. The Bertz CT molecular complexity index is 177. The van der Waals surface area contributed by atoms with Crippen molar-refractivity contribution >= 4 is 11.6 Å². The molecule has 1 fully saturated rings. The maximum Gasteiger partial charge on any atom is 0.275 e. The lowest BCUT2D eigenvalue weighted by atomic mass is 10.3. The zero-order chi connectivity index (χ0) is 8.97. The molecule has 1 heterocycles. The van der Waals surface area contributed by atoms with Gasteiger partial charge in [0.05, 0.1) is 12.6 Å². The molecule has 0 radical (unpaired) electrons. The Labute approximate surface area is 74.5 Å². The Morgan fingerprint density at radius 1 is 1.75 bits per heavy atom. The van der Waals surface area contributed by atoms with Crippen molar-refractivity contribution < 1.29 is 20.1 Å². The Hall–Kier alpha value is -0.750. The van der Waals surface area contributed by atoms with E-state index in [0.717, 1.165) is 0 Å². The number of aliphatic hydroxyl groups is 1. The van der Waals surface area contributed by atoms with Gasteiger partial charge in [-0.15, -0.1) is 5.01 Å². The molecule has 0 saturated carbocycles. The average Bonchev–Trinajstić information content (AvgIpc) is 2.47. The molecule has 0 spiro atoms. The van der Waals surface area contributed by atoms with Crippen molar-refractivity contribution in [2.24, 2.45) is 5.28 Å². The molecule has 0 aromatic heterocycles. The Morgan fingerprint density at radius 3 is 3.00 bits per heavy atom. The lowest BCUT2D eigenvalue weighted by molar-refractivity contribution is -0.939. The van der Waals surface area contributed by atoms with Crippen LogP contribution in [0.1, 0.15) is 6.42 Å². The van der Waals surface area contributed by atoms with E-state index >= 15 is 0 Å². The molecule has 1 atom stereocenters. The summed E-state index contributed by atoms with van der Waals surface area (Å²) in [5.74, 6) is 0. The van der Waals surface area contributed by atoms with Crippen molar-refractivity contribution in [2.45, 2.75) is 12.5 Å². The van der Waals surface area contributed by atoms with Crippen LogP contribution in [0.2, 0.25) is 0 Å². The summed E-state index contributed by atoms with van der Waals surface area (Å²) < 4.78 is 0.